The van der Waals surface area contributed by atoms with Gasteiger partial charge in [0.2, 0.25) is 0 Å². The van der Waals surface area contributed by atoms with Crippen molar-refractivity contribution >= 4 is 17.2 Å². The largest absolute Gasteiger partial charge is 0.336 e. The Morgan fingerprint density at radius 2 is 2.42 bits per heavy atom. The molecule has 1 unspecified atom stereocenters. The molecule has 1 saturated heterocycles. The summed E-state index contributed by atoms with van der Waals surface area (Å²) in [5.74, 6) is 0.108. The minimum Gasteiger partial charge on any atom is -0.336 e. The maximum atomic E-state index is 12.5. The van der Waals surface area contributed by atoms with Gasteiger partial charge in [-0.25, -0.2) is 4.98 Å². The first-order valence-electron chi connectivity index (χ1n) is 6.44. The second-order valence-electron chi connectivity index (χ2n) is 4.80. The molecule has 0 aliphatic carbocycles. The molecule has 1 atom stereocenters. The highest BCUT2D eigenvalue weighted by molar-refractivity contribution is 7.11. The molecule has 0 N–H and O–H groups in total. The molecular weight excluding hydrogens is 260 g/mol. The molecule has 6 heteroatoms. The van der Waals surface area contributed by atoms with E-state index in [-0.39, 0.29) is 5.91 Å². The quantitative estimate of drug-likeness (QED) is 0.844. The molecule has 3 rings (SSSR count). The van der Waals surface area contributed by atoms with E-state index in [1.807, 2.05) is 28.8 Å². The maximum absolute atomic E-state index is 12.5. The van der Waals surface area contributed by atoms with Gasteiger partial charge in [0.1, 0.15) is 4.88 Å². The molecule has 0 spiro atoms. The lowest BCUT2D eigenvalue weighted by atomic mass is 10.1. The molecule has 2 aromatic heterocycles. The summed E-state index contributed by atoms with van der Waals surface area (Å²) < 4.78 is 1.96. The summed E-state index contributed by atoms with van der Waals surface area (Å²) in [6.07, 6.45) is 5.85. The van der Waals surface area contributed by atoms with Crippen molar-refractivity contribution < 1.29 is 4.79 Å². The molecule has 5 nitrogen and oxygen atoms in total. The Hall–Kier alpha value is -1.69. The first kappa shape index (κ1) is 12.3. The summed E-state index contributed by atoms with van der Waals surface area (Å²) in [7, 11) is 0. The van der Waals surface area contributed by atoms with Crippen LogP contribution in [0.1, 0.15) is 34.2 Å². The van der Waals surface area contributed by atoms with Gasteiger partial charge in [-0.05, 0) is 25.8 Å². The third-order valence-electron chi connectivity index (χ3n) is 3.52. The monoisotopic (exact) mass is 276 g/mol. The van der Waals surface area contributed by atoms with Gasteiger partial charge in [-0.3, -0.25) is 9.48 Å². The second-order valence-corrected chi connectivity index (χ2v) is 5.65. The van der Waals surface area contributed by atoms with Crippen LogP contribution in [-0.2, 0) is 0 Å². The predicted molar refractivity (Wildman–Crippen MR) is 73.3 cm³/mol. The number of amides is 1. The summed E-state index contributed by atoms with van der Waals surface area (Å²) in [5.41, 5.74) is 2.56. The van der Waals surface area contributed by atoms with Gasteiger partial charge < -0.3 is 4.90 Å². The topological polar surface area (TPSA) is 51.0 Å². The van der Waals surface area contributed by atoms with Crippen LogP contribution < -0.4 is 0 Å². The van der Waals surface area contributed by atoms with E-state index in [4.69, 9.17) is 0 Å². The fraction of sp³-hybridized carbons (Fsp3) is 0.462. The zero-order valence-corrected chi connectivity index (χ0v) is 11.6. The van der Waals surface area contributed by atoms with E-state index in [2.05, 4.69) is 10.1 Å². The summed E-state index contributed by atoms with van der Waals surface area (Å²) in [5, 5.41) is 4.28. The number of likely N-dealkylation sites (tertiary alicyclic amines) is 1. The maximum Gasteiger partial charge on any atom is 0.265 e. The van der Waals surface area contributed by atoms with E-state index in [0.717, 1.165) is 36.5 Å². The van der Waals surface area contributed by atoms with Crippen molar-refractivity contribution in [2.24, 2.45) is 0 Å². The highest BCUT2D eigenvalue weighted by Crippen LogP contribution is 2.24. The number of hydrogen-bond acceptors (Lipinski definition) is 4. The molecule has 2 aromatic rings. The highest BCUT2D eigenvalue weighted by atomic mass is 32.1. The van der Waals surface area contributed by atoms with E-state index in [9.17, 15) is 4.79 Å². The molecule has 0 bridgehead atoms. The molecular formula is C13H16N4OS. The van der Waals surface area contributed by atoms with E-state index in [1.165, 1.54) is 11.3 Å². The van der Waals surface area contributed by atoms with Gasteiger partial charge in [0.25, 0.3) is 5.91 Å². The molecule has 1 aliphatic heterocycles. The minimum atomic E-state index is 0.108. The number of piperidine rings is 1. The molecule has 19 heavy (non-hydrogen) atoms. The number of hydrogen-bond donors (Lipinski definition) is 0. The van der Waals surface area contributed by atoms with Crippen LogP contribution in [0.4, 0.5) is 0 Å². The van der Waals surface area contributed by atoms with Crippen molar-refractivity contribution in [2.45, 2.75) is 25.8 Å². The number of thiazole rings is 1. The Kier molecular flexibility index (Phi) is 3.33. The molecule has 3 heterocycles. The van der Waals surface area contributed by atoms with E-state index in [1.54, 1.807) is 11.7 Å². The number of aryl methyl sites for hydroxylation is 1. The van der Waals surface area contributed by atoms with Crippen LogP contribution in [0.15, 0.2) is 24.0 Å². The molecule has 100 valence electrons. The minimum absolute atomic E-state index is 0.108. The molecule has 0 radical (unpaired) electrons. The van der Waals surface area contributed by atoms with Crippen LogP contribution in [0.25, 0.3) is 0 Å². The Bertz CT molecular complexity index is 563. The Morgan fingerprint density at radius 3 is 3.11 bits per heavy atom. The Morgan fingerprint density at radius 1 is 1.53 bits per heavy atom. The summed E-state index contributed by atoms with van der Waals surface area (Å²) in [6, 6.07) is 2.22. The van der Waals surface area contributed by atoms with E-state index < -0.39 is 0 Å². The smallest absolute Gasteiger partial charge is 0.265 e. The van der Waals surface area contributed by atoms with Crippen LogP contribution in [0, 0.1) is 6.92 Å². The average Bonchev–Trinajstić information content (AvgIpc) is 3.09. The summed E-state index contributed by atoms with van der Waals surface area (Å²) in [6.45, 7) is 3.45. The lowest BCUT2D eigenvalue weighted by Crippen LogP contribution is -2.40. The van der Waals surface area contributed by atoms with Crippen LogP contribution >= 0.6 is 11.3 Å². The number of aromatic nitrogens is 3. The van der Waals surface area contributed by atoms with Gasteiger partial charge in [0.15, 0.2) is 0 Å². The number of carbonyl (C=O) groups is 1. The summed E-state index contributed by atoms with van der Waals surface area (Å²) >= 11 is 1.43. The van der Waals surface area contributed by atoms with Gasteiger partial charge in [0, 0.05) is 25.5 Å². The first-order valence-corrected chi connectivity index (χ1v) is 7.32. The standard InChI is InChI=1S/C13H16N4OS/c1-10-12(19-9-14-10)13(18)16-6-2-4-11(8-16)17-7-3-5-15-17/h3,5,7,9,11H,2,4,6,8H2,1H3. The zero-order chi connectivity index (χ0) is 13.2. The van der Waals surface area contributed by atoms with E-state index in [0.29, 0.717) is 6.04 Å². The lowest BCUT2D eigenvalue weighted by molar-refractivity contribution is 0.0677. The van der Waals surface area contributed by atoms with Crippen LogP contribution in [0.3, 0.4) is 0 Å². The molecule has 0 aromatic carbocycles. The van der Waals surface area contributed by atoms with Crippen molar-refractivity contribution in [3.8, 4) is 0 Å². The van der Waals surface area contributed by atoms with Crippen molar-refractivity contribution in [1.29, 1.82) is 0 Å². The number of rotatable bonds is 2. The van der Waals surface area contributed by atoms with Gasteiger partial charge in [-0.2, -0.15) is 5.10 Å². The van der Waals surface area contributed by atoms with Crippen LogP contribution in [-0.4, -0.2) is 38.7 Å². The van der Waals surface area contributed by atoms with Crippen molar-refractivity contribution in [3.63, 3.8) is 0 Å². The second kappa shape index (κ2) is 5.13. The third kappa shape index (κ3) is 2.40. The summed E-state index contributed by atoms with van der Waals surface area (Å²) in [4.78, 5) is 19.3. The van der Waals surface area contributed by atoms with Crippen molar-refractivity contribution in [3.05, 3.63) is 34.5 Å². The molecule has 1 aliphatic rings. The Balaban J connectivity index is 1.75. The zero-order valence-electron chi connectivity index (χ0n) is 10.8. The van der Waals surface area contributed by atoms with Crippen LogP contribution in [0.5, 0.6) is 0 Å². The number of carbonyl (C=O) groups excluding carboxylic acids is 1. The van der Waals surface area contributed by atoms with Crippen LogP contribution in [0.2, 0.25) is 0 Å². The van der Waals surface area contributed by atoms with Crippen molar-refractivity contribution in [1.82, 2.24) is 19.7 Å². The normalized spacial score (nSPS) is 19.6. The average molecular weight is 276 g/mol. The molecule has 1 fully saturated rings. The van der Waals surface area contributed by atoms with Gasteiger partial charge in [0.05, 0.1) is 17.2 Å². The third-order valence-corrected chi connectivity index (χ3v) is 4.44. The van der Waals surface area contributed by atoms with E-state index >= 15 is 0 Å². The first-order chi connectivity index (χ1) is 9.25. The SMILES string of the molecule is Cc1ncsc1C(=O)N1CCCC(n2cccn2)C1. The van der Waals surface area contributed by atoms with Gasteiger partial charge in [-0.1, -0.05) is 0 Å². The number of nitrogens with zero attached hydrogens (tertiary/aromatic N) is 4. The lowest BCUT2D eigenvalue weighted by Gasteiger charge is -2.32. The molecule has 0 saturated carbocycles. The predicted octanol–water partition coefficient (Wildman–Crippen LogP) is 2.13. The van der Waals surface area contributed by atoms with Gasteiger partial charge in [-0.15, -0.1) is 11.3 Å². The molecule has 1 amide bonds. The Labute approximate surface area is 115 Å². The fourth-order valence-corrected chi connectivity index (χ4v) is 3.27. The fourth-order valence-electron chi connectivity index (χ4n) is 2.50. The van der Waals surface area contributed by atoms with Gasteiger partial charge >= 0.3 is 0 Å². The van der Waals surface area contributed by atoms with Crippen molar-refractivity contribution in [2.75, 3.05) is 13.1 Å². The highest BCUT2D eigenvalue weighted by Gasteiger charge is 2.27.